The van der Waals surface area contributed by atoms with Crippen molar-refractivity contribution in [3.63, 3.8) is 0 Å². The molecule has 7 heteroatoms. The average molecular weight is 314 g/mol. The Kier molecular flexibility index (Phi) is 3.84. The highest BCUT2D eigenvalue weighted by atomic mass is 19.1. The van der Waals surface area contributed by atoms with Crippen LogP contribution in [0.15, 0.2) is 48.5 Å². The molecule has 1 heterocycles. The van der Waals surface area contributed by atoms with Gasteiger partial charge >= 0.3 is 0 Å². The molecule has 0 aliphatic rings. The minimum atomic E-state index is -0.546. The first-order valence-electron chi connectivity index (χ1n) is 6.80. The number of benzene rings is 2. The predicted molar refractivity (Wildman–Crippen MR) is 80.4 cm³/mol. The fourth-order valence-corrected chi connectivity index (χ4v) is 2.15. The maximum atomic E-state index is 13.8. The number of carbonyl (C=O) groups excluding carboxylic acids is 1. The van der Waals surface area contributed by atoms with Gasteiger partial charge in [-0.25, -0.2) is 13.5 Å². The van der Waals surface area contributed by atoms with Gasteiger partial charge in [0.2, 0.25) is 0 Å². The molecule has 3 aromatic rings. The van der Waals surface area contributed by atoms with Crippen LogP contribution in [0.5, 0.6) is 0 Å². The van der Waals surface area contributed by atoms with E-state index in [1.54, 1.807) is 25.1 Å². The zero-order chi connectivity index (χ0) is 16.4. The van der Waals surface area contributed by atoms with E-state index in [2.05, 4.69) is 15.6 Å². The van der Waals surface area contributed by atoms with Gasteiger partial charge in [0, 0.05) is 5.69 Å². The molecule has 0 saturated carbocycles. The highest BCUT2D eigenvalue weighted by molar-refractivity contribution is 6.03. The Morgan fingerprint density at radius 1 is 1.13 bits per heavy atom. The van der Waals surface area contributed by atoms with Gasteiger partial charge in [-0.1, -0.05) is 23.4 Å². The predicted octanol–water partition coefficient (Wildman–Crippen LogP) is 3.11. The summed E-state index contributed by atoms with van der Waals surface area (Å²) >= 11 is 0. The normalized spacial score (nSPS) is 10.6. The molecule has 0 unspecified atom stereocenters. The van der Waals surface area contributed by atoms with E-state index in [1.165, 1.54) is 35.0 Å². The summed E-state index contributed by atoms with van der Waals surface area (Å²) in [4.78, 5) is 12.2. The molecule has 0 aliphatic heterocycles. The van der Waals surface area contributed by atoms with Crippen molar-refractivity contribution in [2.45, 2.75) is 6.92 Å². The number of carbonyl (C=O) groups is 1. The average Bonchev–Trinajstić information content (AvgIpc) is 2.89. The van der Waals surface area contributed by atoms with Crippen molar-refractivity contribution in [3.05, 3.63) is 71.6 Å². The third-order valence-electron chi connectivity index (χ3n) is 3.27. The summed E-state index contributed by atoms with van der Waals surface area (Å²) in [6, 6.07) is 11.5. The van der Waals surface area contributed by atoms with Gasteiger partial charge in [-0.3, -0.25) is 4.79 Å². The molecule has 23 heavy (non-hydrogen) atoms. The molecule has 0 radical (unpaired) electrons. The first-order chi connectivity index (χ1) is 11.1. The molecule has 2 aromatic carbocycles. The Morgan fingerprint density at radius 3 is 2.65 bits per heavy atom. The first-order valence-corrected chi connectivity index (χ1v) is 6.80. The number of hydrogen-bond acceptors (Lipinski definition) is 3. The minimum absolute atomic E-state index is 0.0394. The molecular weight excluding hydrogens is 302 g/mol. The summed E-state index contributed by atoms with van der Waals surface area (Å²) in [6.07, 6.45) is 0. The molecule has 1 N–H and O–H groups in total. The first kappa shape index (κ1) is 14.8. The SMILES string of the molecule is Cc1c(C(=O)Nc2cccc(F)c2)nnn1-c1ccccc1F. The molecule has 1 amide bonds. The van der Waals surface area contributed by atoms with Gasteiger partial charge in [-0.2, -0.15) is 0 Å². The molecule has 0 spiro atoms. The van der Waals surface area contributed by atoms with E-state index in [0.29, 0.717) is 11.4 Å². The van der Waals surface area contributed by atoms with Crippen molar-refractivity contribution in [1.29, 1.82) is 0 Å². The van der Waals surface area contributed by atoms with E-state index in [0.717, 1.165) is 0 Å². The van der Waals surface area contributed by atoms with Gasteiger partial charge in [0.1, 0.15) is 17.3 Å². The second-order valence-corrected chi connectivity index (χ2v) is 4.85. The van der Waals surface area contributed by atoms with Crippen LogP contribution >= 0.6 is 0 Å². The maximum Gasteiger partial charge on any atom is 0.278 e. The van der Waals surface area contributed by atoms with Crippen LogP contribution in [0.25, 0.3) is 5.69 Å². The smallest absolute Gasteiger partial charge is 0.278 e. The van der Waals surface area contributed by atoms with Crippen molar-refractivity contribution in [1.82, 2.24) is 15.0 Å². The summed E-state index contributed by atoms with van der Waals surface area (Å²) in [5, 5.41) is 10.1. The lowest BCUT2D eigenvalue weighted by atomic mass is 10.2. The van der Waals surface area contributed by atoms with Gasteiger partial charge < -0.3 is 5.32 Å². The molecule has 5 nitrogen and oxygen atoms in total. The Morgan fingerprint density at radius 2 is 1.91 bits per heavy atom. The summed E-state index contributed by atoms with van der Waals surface area (Å²) in [5.74, 6) is -1.48. The van der Waals surface area contributed by atoms with Crippen LogP contribution in [0.1, 0.15) is 16.2 Å². The molecule has 0 saturated heterocycles. The number of para-hydroxylation sites is 1. The van der Waals surface area contributed by atoms with Gasteiger partial charge in [0.05, 0.1) is 5.69 Å². The van der Waals surface area contributed by atoms with E-state index in [4.69, 9.17) is 0 Å². The van der Waals surface area contributed by atoms with Crippen LogP contribution in [-0.4, -0.2) is 20.9 Å². The molecule has 0 fully saturated rings. The number of hydrogen-bond donors (Lipinski definition) is 1. The summed E-state index contributed by atoms with van der Waals surface area (Å²) in [6.45, 7) is 1.60. The number of aromatic nitrogens is 3. The van der Waals surface area contributed by atoms with Gasteiger partial charge in [-0.05, 0) is 37.3 Å². The number of rotatable bonds is 3. The Hall–Kier alpha value is -3.09. The maximum absolute atomic E-state index is 13.8. The fraction of sp³-hybridized carbons (Fsp3) is 0.0625. The fourth-order valence-electron chi connectivity index (χ4n) is 2.15. The van der Waals surface area contributed by atoms with Gasteiger partial charge in [0.15, 0.2) is 5.69 Å². The summed E-state index contributed by atoms with van der Waals surface area (Å²) < 4.78 is 28.2. The Balaban J connectivity index is 1.90. The lowest BCUT2D eigenvalue weighted by Crippen LogP contribution is -2.14. The summed E-state index contributed by atoms with van der Waals surface area (Å²) in [7, 11) is 0. The van der Waals surface area contributed by atoms with Crippen LogP contribution in [-0.2, 0) is 0 Å². The third kappa shape index (κ3) is 2.94. The standard InChI is InChI=1S/C16H12F2N4O/c1-10-15(16(23)19-12-6-4-5-11(17)9-12)20-21-22(10)14-8-3-2-7-13(14)18/h2-9H,1H3,(H,19,23). The van der Waals surface area contributed by atoms with Gasteiger partial charge in [0.25, 0.3) is 5.91 Å². The van der Waals surface area contributed by atoms with Crippen LogP contribution in [0.2, 0.25) is 0 Å². The van der Waals surface area contributed by atoms with Crippen molar-refractivity contribution in [2.24, 2.45) is 0 Å². The quantitative estimate of drug-likeness (QED) is 0.808. The second kappa shape index (κ2) is 5.96. The third-order valence-corrected chi connectivity index (χ3v) is 3.27. The number of nitrogens with zero attached hydrogens (tertiary/aromatic N) is 3. The summed E-state index contributed by atoms with van der Waals surface area (Å²) in [5.41, 5.74) is 0.915. The highest BCUT2D eigenvalue weighted by Gasteiger charge is 2.19. The molecule has 0 bridgehead atoms. The van der Waals surface area contributed by atoms with Crippen LogP contribution in [0, 0.1) is 18.6 Å². The van der Waals surface area contributed by atoms with Crippen LogP contribution in [0.3, 0.4) is 0 Å². The van der Waals surface area contributed by atoms with Crippen molar-refractivity contribution < 1.29 is 13.6 Å². The zero-order valence-corrected chi connectivity index (χ0v) is 12.1. The Labute approximate surface area is 130 Å². The zero-order valence-electron chi connectivity index (χ0n) is 12.1. The lowest BCUT2D eigenvalue weighted by Gasteiger charge is -2.06. The lowest BCUT2D eigenvalue weighted by molar-refractivity contribution is 0.102. The monoisotopic (exact) mass is 314 g/mol. The number of anilines is 1. The molecule has 3 rings (SSSR count). The van der Waals surface area contributed by atoms with Crippen molar-refractivity contribution in [3.8, 4) is 5.69 Å². The van der Waals surface area contributed by atoms with E-state index in [9.17, 15) is 13.6 Å². The molecular formula is C16H12F2N4O. The molecule has 0 atom stereocenters. The topological polar surface area (TPSA) is 59.8 Å². The second-order valence-electron chi connectivity index (χ2n) is 4.85. The molecule has 1 aromatic heterocycles. The minimum Gasteiger partial charge on any atom is -0.320 e. The largest absolute Gasteiger partial charge is 0.320 e. The van der Waals surface area contributed by atoms with E-state index >= 15 is 0 Å². The molecule has 116 valence electrons. The molecule has 0 aliphatic carbocycles. The number of amides is 1. The number of nitrogens with one attached hydrogen (secondary N) is 1. The van der Waals surface area contributed by atoms with Crippen molar-refractivity contribution >= 4 is 11.6 Å². The highest BCUT2D eigenvalue weighted by Crippen LogP contribution is 2.17. The van der Waals surface area contributed by atoms with Crippen molar-refractivity contribution in [2.75, 3.05) is 5.32 Å². The van der Waals surface area contributed by atoms with Crippen LogP contribution in [0.4, 0.5) is 14.5 Å². The van der Waals surface area contributed by atoms with E-state index < -0.39 is 17.5 Å². The van der Waals surface area contributed by atoms with E-state index in [1.807, 2.05) is 0 Å². The number of halogens is 2. The Bertz CT molecular complexity index is 876. The van der Waals surface area contributed by atoms with Crippen LogP contribution < -0.4 is 5.32 Å². The van der Waals surface area contributed by atoms with E-state index in [-0.39, 0.29) is 11.4 Å². The van der Waals surface area contributed by atoms with Gasteiger partial charge in [-0.15, -0.1) is 5.10 Å².